The molecule has 0 aliphatic heterocycles. The fourth-order valence-electron chi connectivity index (χ4n) is 1.28. The Morgan fingerprint density at radius 2 is 1.95 bits per heavy atom. The van der Waals surface area contributed by atoms with Crippen molar-refractivity contribution >= 4 is 23.1 Å². The molecule has 2 N–H and O–H groups in total. The van der Waals surface area contributed by atoms with Gasteiger partial charge in [0.2, 0.25) is 0 Å². The molecule has 0 aliphatic rings. The highest BCUT2D eigenvalue weighted by atomic mass is 19.4. The molecule has 4 nitrogen and oxygen atoms in total. The number of ketones is 1. The monoisotopic (exact) mass is 299 g/mol. The number of aliphatic hydroxyl groups is 1. The Labute approximate surface area is 118 Å². The number of carbonyl (C=O) groups excluding carboxylic acids is 2. The molecule has 0 bridgehead atoms. The van der Waals surface area contributed by atoms with Crippen LogP contribution in [-0.2, 0) is 9.59 Å². The minimum atomic E-state index is -5.06. The van der Waals surface area contributed by atoms with E-state index in [0.717, 1.165) is 0 Å². The van der Waals surface area contributed by atoms with E-state index in [0.29, 0.717) is 0 Å². The van der Waals surface area contributed by atoms with Crippen molar-refractivity contribution in [3.8, 4) is 0 Å². The van der Waals surface area contributed by atoms with Crippen molar-refractivity contribution in [3.05, 3.63) is 48.1 Å². The summed E-state index contributed by atoms with van der Waals surface area (Å²) in [7, 11) is 0. The second kappa shape index (κ2) is 6.25. The van der Waals surface area contributed by atoms with Crippen molar-refractivity contribution in [3.63, 3.8) is 0 Å². The first-order valence-electron chi connectivity index (χ1n) is 5.70. The van der Waals surface area contributed by atoms with Crippen LogP contribution in [0.4, 0.5) is 18.9 Å². The number of hydrogen-bond donors (Lipinski definition) is 2. The van der Waals surface area contributed by atoms with Gasteiger partial charge in [-0.3, -0.25) is 9.59 Å². The number of halogens is 3. The maximum Gasteiger partial charge on any atom is 0.454 e. The van der Waals surface area contributed by atoms with Crippen LogP contribution in [0.25, 0.3) is 5.76 Å². The highest BCUT2D eigenvalue weighted by molar-refractivity contribution is 6.03. The minimum Gasteiger partial charge on any atom is -0.507 e. The van der Waals surface area contributed by atoms with Gasteiger partial charge in [-0.2, -0.15) is 13.2 Å². The van der Waals surface area contributed by atoms with Gasteiger partial charge in [0.05, 0.1) is 0 Å². The highest BCUT2D eigenvalue weighted by Crippen LogP contribution is 2.21. The van der Waals surface area contributed by atoms with Gasteiger partial charge in [-0.1, -0.05) is 18.7 Å². The van der Waals surface area contributed by atoms with Gasteiger partial charge in [0.25, 0.3) is 11.7 Å². The Hall–Kier alpha value is -2.57. The van der Waals surface area contributed by atoms with E-state index in [2.05, 4.69) is 11.9 Å². The van der Waals surface area contributed by atoms with E-state index < -0.39 is 23.6 Å². The van der Waals surface area contributed by atoms with Crippen LogP contribution < -0.4 is 5.32 Å². The van der Waals surface area contributed by atoms with Crippen LogP contribution in [0.15, 0.2) is 42.5 Å². The lowest BCUT2D eigenvalue weighted by atomic mass is 10.1. The molecule has 1 rings (SSSR count). The molecule has 0 aliphatic carbocycles. The highest BCUT2D eigenvalue weighted by Gasteiger charge is 2.37. The van der Waals surface area contributed by atoms with E-state index in [1.807, 2.05) is 0 Å². The Morgan fingerprint density at radius 3 is 2.48 bits per heavy atom. The number of anilines is 1. The summed E-state index contributed by atoms with van der Waals surface area (Å²) in [5, 5.41) is 12.0. The first-order valence-corrected chi connectivity index (χ1v) is 5.70. The molecule has 0 spiro atoms. The molecule has 0 saturated carbocycles. The van der Waals surface area contributed by atoms with Gasteiger partial charge in [0.15, 0.2) is 0 Å². The lowest BCUT2D eigenvalue weighted by molar-refractivity contribution is -0.165. The molecule has 0 radical (unpaired) electrons. The number of benzene rings is 1. The summed E-state index contributed by atoms with van der Waals surface area (Å²) in [6.07, 6.45) is -4.97. The molecule has 7 heteroatoms. The molecular weight excluding hydrogens is 287 g/mol. The minimum absolute atomic E-state index is 0.0351. The second-order valence-corrected chi connectivity index (χ2v) is 4.21. The smallest absolute Gasteiger partial charge is 0.454 e. The first kappa shape index (κ1) is 16.5. The number of alkyl halides is 3. The fraction of sp³-hybridized carbons (Fsp3) is 0.143. The van der Waals surface area contributed by atoms with Crippen molar-refractivity contribution in [1.29, 1.82) is 0 Å². The van der Waals surface area contributed by atoms with Crippen molar-refractivity contribution in [2.24, 2.45) is 0 Å². The number of nitrogens with one attached hydrogen (secondary N) is 1. The number of carbonyl (C=O) groups is 2. The van der Waals surface area contributed by atoms with Gasteiger partial charge in [0, 0.05) is 22.9 Å². The SMILES string of the molecule is C=C(C)C(=O)Nc1cccc(/C(O)=C/C(=O)C(F)(F)F)c1. The van der Waals surface area contributed by atoms with Crippen molar-refractivity contribution in [2.45, 2.75) is 13.1 Å². The third kappa shape index (κ3) is 4.79. The zero-order chi connectivity index (χ0) is 16.2. The van der Waals surface area contributed by atoms with Gasteiger partial charge in [0.1, 0.15) is 5.76 Å². The lowest BCUT2D eigenvalue weighted by Crippen LogP contribution is -2.20. The predicted molar refractivity (Wildman–Crippen MR) is 71.6 cm³/mol. The number of hydrogen-bond acceptors (Lipinski definition) is 3. The number of rotatable bonds is 4. The maximum atomic E-state index is 12.1. The van der Waals surface area contributed by atoms with Crippen LogP contribution >= 0.6 is 0 Å². The molecule has 21 heavy (non-hydrogen) atoms. The first-order chi connectivity index (χ1) is 9.61. The van der Waals surface area contributed by atoms with Gasteiger partial charge < -0.3 is 10.4 Å². The molecule has 0 fully saturated rings. The van der Waals surface area contributed by atoms with Gasteiger partial charge >= 0.3 is 6.18 Å². The van der Waals surface area contributed by atoms with Crippen molar-refractivity contribution in [1.82, 2.24) is 0 Å². The number of aliphatic hydroxyl groups excluding tert-OH is 1. The van der Waals surface area contributed by atoms with E-state index in [4.69, 9.17) is 0 Å². The zero-order valence-electron chi connectivity index (χ0n) is 11.0. The number of amides is 1. The maximum absolute atomic E-state index is 12.1. The van der Waals surface area contributed by atoms with E-state index in [1.54, 1.807) is 0 Å². The average Bonchev–Trinajstić information content (AvgIpc) is 2.37. The van der Waals surface area contributed by atoms with Crippen LogP contribution in [0, 0.1) is 0 Å². The summed E-state index contributed by atoms with van der Waals surface area (Å²) in [5.41, 5.74) is 0.458. The van der Waals surface area contributed by atoms with Crippen LogP contribution in [0.2, 0.25) is 0 Å². The fourth-order valence-corrected chi connectivity index (χ4v) is 1.28. The summed E-state index contributed by atoms with van der Waals surface area (Å²) in [4.78, 5) is 22.2. The summed E-state index contributed by atoms with van der Waals surface area (Å²) < 4.78 is 36.3. The molecule has 112 valence electrons. The molecule has 0 aromatic heterocycles. The van der Waals surface area contributed by atoms with E-state index in [9.17, 15) is 27.9 Å². The predicted octanol–water partition coefficient (Wildman–Crippen LogP) is 3.23. The summed E-state index contributed by atoms with van der Waals surface area (Å²) in [6, 6.07) is 5.41. The molecular formula is C14H12F3NO3. The van der Waals surface area contributed by atoms with Gasteiger partial charge in [-0.25, -0.2) is 0 Å². The van der Waals surface area contributed by atoms with E-state index in [1.165, 1.54) is 31.2 Å². The Balaban J connectivity index is 3.00. The molecule has 0 atom stereocenters. The van der Waals surface area contributed by atoms with Crippen LogP contribution in [0.5, 0.6) is 0 Å². The standard InChI is InChI=1S/C14H12F3NO3/c1-8(2)13(21)18-10-5-3-4-9(6-10)11(19)7-12(20)14(15,16)17/h3-7,19H,1H2,2H3,(H,18,21)/b11-7-. The van der Waals surface area contributed by atoms with Crippen LogP contribution in [0.3, 0.4) is 0 Å². The molecule has 0 heterocycles. The topological polar surface area (TPSA) is 66.4 Å². The third-order valence-corrected chi connectivity index (χ3v) is 2.35. The Kier molecular flexibility index (Phi) is 4.91. The quantitative estimate of drug-likeness (QED) is 0.662. The van der Waals surface area contributed by atoms with Gasteiger partial charge in [-0.05, 0) is 19.1 Å². The molecule has 0 unspecified atom stereocenters. The van der Waals surface area contributed by atoms with Crippen LogP contribution in [-0.4, -0.2) is 23.0 Å². The van der Waals surface area contributed by atoms with E-state index in [-0.39, 0.29) is 22.9 Å². The Morgan fingerprint density at radius 1 is 1.33 bits per heavy atom. The van der Waals surface area contributed by atoms with Crippen LogP contribution in [0.1, 0.15) is 12.5 Å². The molecule has 1 aromatic rings. The zero-order valence-corrected chi connectivity index (χ0v) is 11.0. The Bertz CT molecular complexity index is 618. The third-order valence-electron chi connectivity index (χ3n) is 2.35. The van der Waals surface area contributed by atoms with E-state index >= 15 is 0 Å². The molecule has 1 amide bonds. The summed E-state index contributed by atoms with van der Waals surface area (Å²) in [6.45, 7) is 4.92. The normalized spacial score (nSPS) is 11.9. The van der Waals surface area contributed by atoms with Crippen molar-refractivity contribution in [2.75, 3.05) is 5.32 Å². The largest absolute Gasteiger partial charge is 0.507 e. The summed E-state index contributed by atoms with van der Waals surface area (Å²) in [5.74, 6) is -3.48. The van der Waals surface area contributed by atoms with Gasteiger partial charge in [-0.15, -0.1) is 0 Å². The second-order valence-electron chi connectivity index (χ2n) is 4.21. The average molecular weight is 299 g/mol. The molecule has 1 aromatic carbocycles. The molecule has 0 saturated heterocycles. The summed E-state index contributed by atoms with van der Waals surface area (Å²) >= 11 is 0. The lowest BCUT2D eigenvalue weighted by Gasteiger charge is -2.07. The van der Waals surface area contributed by atoms with Crippen molar-refractivity contribution < 1.29 is 27.9 Å². The number of allylic oxidation sites excluding steroid dienone is 1.